The monoisotopic (exact) mass is 468 g/mol. The van der Waals surface area contributed by atoms with Gasteiger partial charge in [-0.1, -0.05) is 56.3 Å². The van der Waals surface area contributed by atoms with Crippen molar-refractivity contribution in [3.05, 3.63) is 109 Å². The fourth-order valence-electron chi connectivity index (χ4n) is 3.82. The predicted molar refractivity (Wildman–Crippen MR) is 140 cm³/mol. The second kappa shape index (κ2) is 11.9. The van der Waals surface area contributed by atoms with Gasteiger partial charge in [0.05, 0.1) is 6.33 Å². The second-order valence-corrected chi connectivity index (χ2v) is 8.84. The third-order valence-corrected chi connectivity index (χ3v) is 5.77. The van der Waals surface area contributed by atoms with Crippen molar-refractivity contribution >= 4 is 11.7 Å². The van der Waals surface area contributed by atoms with E-state index in [1.807, 2.05) is 82.4 Å². The number of benzene rings is 3. The zero-order valence-electron chi connectivity index (χ0n) is 20.3. The molecule has 0 radical (unpaired) electrons. The Kier molecular flexibility index (Phi) is 8.17. The van der Waals surface area contributed by atoms with E-state index in [0.29, 0.717) is 19.0 Å². The molecule has 0 fully saturated rings. The first-order valence-corrected chi connectivity index (χ1v) is 12.0. The Hall–Kier alpha value is -4.06. The van der Waals surface area contributed by atoms with Crippen LogP contribution in [0.4, 0.5) is 10.5 Å². The molecule has 1 N–H and O–H groups in total. The number of nitrogens with zero attached hydrogens (tertiary/aromatic N) is 3. The molecule has 0 aliphatic heterocycles. The van der Waals surface area contributed by atoms with Crippen LogP contribution in [0.1, 0.15) is 37.3 Å². The molecule has 4 aromatic rings. The summed E-state index contributed by atoms with van der Waals surface area (Å²) in [7, 11) is 0. The first kappa shape index (κ1) is 24.1. The van der Waals surface area contributed by atoms with Crippen LogP contribution in [0.2, 0.25) is 0 Å². The minimum Gasteiger partial charge on any atom is -0.457 e. The summed E-state index contributed by atoms with van der Waals surface area (Å²) in [5, 5.41) is 3.06. The molecular formula is C29H32N4O2. The number of hydrogen-bond acceptors (Lipinski definition) is 3. The average Bonchev–Trinajstić information content (AvgIpc) is 3.38. The second-order valence-electron chi connectivity index (χ2n) is 8.84. The van der Waals surface area contributed by atoms with E-state index in [0.717, 1.165) is 35.7 Å². The van der Waals surface area contributed by atoms with Crippen LogP contribution >= 0.6 is 0 Å². The molecule has 2 amide bonds. The molecule has 0 spiro atoms. The highest BCUT2D eigenvalue weighted by molar-refractivity contribution is 5.89. The summed E-state index contributed by atoms with van der Waals surface area (Å²) in [6, 6.07) is 25.5. The number of imidazole rings is 1. The Morgan fingerprint density at radius 1 is 1.00 bits per heavy atom. The maximum absolute atomic E-state index is 13.3. The van der Waals surface area contributed by atoms with Gasteiger partial charge >= 0.3 is 6.03 Å². The van der Waals surface area contributed by atoms with Crippen LogP contribution in [0.3, 0.4) is 0 Å². The molecular weight excluding hydrogens is 436 g/mol. The standard InChI is InChI=1S/C29H32N4O2/c1-23(2)25-12-14-26(15-13-25)31-29(34)33(18-7-17-32-19-16-30-22-32)21-24-8-6-11-28(20-24)35-27-9-4-3-5-10-27/h3-6,8-16,19-20,22-23H,7,17-18,21H2,1-2H3,(H,31,34). The minimum absolute atomic E-state index is 0.123. The summed E-state index contributed by atoms with van der Waals surface area (Å²) < 4.78 is 8.01. The van der Waals surface area contributed by atoms with Gasteiger partial charge in [0.1, 0.15) is 11.5 Å². The van der Waals surface area contributed by atoms with Crippen LogP contribution in [0.25, 0.3) is 0 Å². The molecule has 0 atom stereocenters. The smallest absolute Gasteiger partial charge is 0.322 e. The highest BCUT2D eigenvalue weighted by Crippen LogP contribution is 2.23. The van der Waals surface area contributed by atoms with Crippen LogP contribution in [0.15, 0.2) is 97.6 Å². The number of hydrogen-bond donors (Lipinski definition) is 1. The lowest BCUT2D eigenvalue weighted by Gasteiger charge is -2.24. The van der Waals surface area contributed by atoms with Gasteiger partial charge in [0.25, 0.3) is 0 Å². The Labute approximate surface area is 207 Å². The molecule has 0 unspecified atom stereocenters. The number of ether oxygens (including phenoxy) is 1. The van der Waals surface area contributed by atoms with Crippen LogP contribution in [0, 0.1) is 0 Å². The number of nitrogens with one attached hydrogen (secondary N) is 1. The van der Waals surface area contributed by atoms with E-state index < -0.39 is 0 Å². The summed E-state index contributed by atoms with van der Waals surface area (Å²) >= 11 is 0. The fraction of sp³-hybridized carbons (Fsp3) is 0.241. The van der Waals surface area contributed by atoms with Gasteiger partial charge < -0.3 is 19.5 Å². The van der Waals surface area contributed by atoms with E-state index in [2.05, 4.69) is 36.3 Å². The number of aryl methyl sites for hydroxylation is 1. The number of carbonyl (C=O) groups excluding carboxylic acids is 1. The van der Waals surface area contributed by atoms with E-state index in [9.17, 15) is 4.79 Å². The highest BCUT2D eigenvalue weighted by atomic mass is 16.5. The summed E-state index contributed by atoms with van der Waals surface area (Å²) in [5.74, 6) is 1.98. The normalized spacial score (nSPS) is 10.8. The number of para-hydroxylation sites is 1. The molecule has 0 saturated heterocycles. The van der Waals surface area contributed by atoms with E-state index in [1.165, 1.54) is 5.56 Å². The molecule has 35 heavy (non-hydrogen) atoms. The molecule has 0 saturated carbocycles. The van der Waals surface area contributed by atoms with Gasteiger partial charge in [0.15, 0.2) is 0 Å². The molecule has 1 aromatic heterocycles. The van der Waals surface area contributed by atoms with Crippen molar-refractivity contribution in [1.29, 1.82) is 0 Å². The fourth-order valence-corrected chi connectivity index (χ4v) is 3.82. The van der Waals surface area contributed by atoms with Crippen LogP contribution in [-0.2, 0) is 13.1 Å². The quantitative estimate of drug-likeness (QED) is 0.275. The van der Waals surface area contributed by atoms with Crippen molar-refractivity contribution in [3.8, 4) is 11.5 Å². The molecule has 1 heterocycles. The Morgan fingerprint density at radius 2 is 1.77 bits per heavy atom. The van der Waals surface area contributed by atoms with Crippen LogP contribution in [-0.4, -0.2) is 27.0 Å². The number of aromatic nitrogens is 2. The maximum Gasteiger partial charge on any atom is 0.322 e. The zero-order chi connectivity index (χ0) is 24.5. The molecule has 0 aliphatic rings. The Morgan fingerprint density at radius 3 is 2.49 bits per heavy atom. The predicted octanol–water partition coefficient (Wildman–Crippen LogP) is 6.92. The third kappa shape index (κ3) is 7.21. The SMILES string of the molecule is CC(C)c1ccc(NC(=O)N(CCCn2ccnc2)Cc2cccc(Oc3ccccc3)c2)cc1. The van der Waals surface area contributed by atoms with Crippen molar-refractivity contribution in [3.63, 3.8) is 0 Å². The lowest BCUT2D eigenvalue weighted by atomic mass is 10.0. The van der Waals surface area contributed by atoms with Crippen LogP contribution in [0.5, 0.6) is 11.5 Å². The van der Waals surface area contributed by atoms with Gasteiger partial charge in [-0.05, 0) is 59.9 Å². The van der Waals surface area contributed by atoms with Crippen molar-refractivity contribution in [1.82, 2.24) is 14.5 Å². The number of amides is 2. The van der Waals surface area contributed by atoms with Crippen molar-refractivity contribution in [2.45, 2.75) is 39.3 Å². The molecule has 4 rings (SSSR count). The molecule has 180 valence electrons. The summed E-state index contributed by atoms with van der Waals surface area (Å²) in [5.41, 5.74) is 3.04. The average molecular weight is 469 g/mol. The van der Waals surface area contributed by atoms with Gasteiger partial charge in [-0.3, -0.25) is 0 Å². The van der Waals surface area contributed by atoms with Gasteiger partial charge in [0, 0.05) is 37.7 Å². The van der Waals surface area contributed by atoms with E-state index >= 15 is 0 Å². The van der Waals surface area contributed by atoms with Crippen molar-refractivity contribution < 1.29 is 9.53 Å². The first-order valence-electron chi connectivity index (χ1n) is 12.0. The topological polar surface area (TPSA) is 59.4 Å². The largest absolute Gasteiger partial charge is 0.457 e. The summed E-state index contributed by atoms with van der Waals surface area (Å²) in [6.07, 6.45) is 6.32. The number of carbonyl (C=O) groups is 1. The van der Waals surface area contributed by atoms with Gasteiger partial charge in [-0.15, -0.1) is 0 Å². The van der Waals surface area contributed by atoms with Gasteiger partial charge in [-0.2, -0.15) is 0 Å². The van der Waals surface area contributed by atoms with Crippen molar-refractivity contribution in [2.75, 3.05) is 11.9 Å². The molecule has 0 aliphatic carbocycles. The first-order chi connectivity index (χ1) is 17.1. The van der Waals surface area contributed by atoms with E-state index in [-0.39, 0.29) is 6.03 Å². The van der Waals surface area contributed by atoms with Gasteiger partial charge in [0.2, 0.25) is 0 Å². The molecule has 3 aromatic carbocycles. The Bertz CT molecular complexity index is 1190. The third-order valence-electron chi connectivity index (χ3n) is 5.77. The highest BCUT2D eigenvalue weighted by Gasteiger charge is 2.15. The van der Waals surface area contributed by atoms with Gasteiger partial charge in [-0.25, -0.2) is 9.78 Å². The lowest BCUT2D eigenvalue weighted by Crippen LogP contribution is -2.35. The summed E-state index contributed by atoms with van der Waals surface area (Å²) in [6.45, 7) is 6.20. The molecule has 0 bridgehead atoms. The Balaban J connectivity index is 1.45. The molecule has 6 heteroatoms. The van der Waals surface area contributed by atoms with Crippen molar-refractivity contribution in [2.24, 2.45) is 0 Å². The van der Waals surface area contributed by atoms with E-state index in [4.69, 9.17) is 4.74 Å². The lowest BCUT2D eigenvalue weighted by molar-refractivity contribution is 0.207. The number of anilines is 1. The minimum atomic E-state index is -0.123. The molecule has 6 nitrogen and oxygen atoms in total. The van der Waals surface area contributed by atoms with Crippen LogP contribution < -0.4 is 10.1 Å². The summed E-state index contributed by atoms with van der Waals surface area (Å²) in [4.78, 5) is 19.2. The number of urea groups is 1. The zero-order valence-corrected chi connectivity index (χ0v) is 20.3. The number of rotatable bonds is 10. The van der Waals surface area contributed by atoms with E-state index in [1.54, 1.807) is 12.5 Å². The maximum atomic E-state index is 13.3.